The van der Waals surface area contributed by atoms with Crippen LogP contribution in [-0.4, -0.2) is 55.6 Å². The number of piperidine rings is 2. The van der Waals surface area contributed by atoms with E-state index in [1.807, 2.05) is 18.7 Å². The third-order valence-corrected chi connectivity index (χ3v) is 8.11. The summed E-state index contributed by atoms with van der Waals surface area (Å²) in [5, 5.41) is 2.90. The first-order valence-corrected chi connectivity index (χ1v) is 12.7. The molecule has 31 heavy (non-hydrogen) atoms. The Bertz CT molecular complexity index is 880. The summed E-state index contributed by atoms with van der Waals surface area (Å²) in [5.41, 5.74) is 0.588. The summed E-state index contributed by atoms with van der Waals surface area (Å²) in [7, 11) is -3.53. The van der Waals surface area contributed by atoms with Crippen LogP contribution in [0, 0.1) is 23.7 Å². The van der Waals surface area contributed by atoms with E-state index in [4.69, 9.17) is 0 Å². The van der Waals surface area contributed by atoms with Crippen LogP contribution in [0.25, 0.3) is 0 Å². The third kappa shape index (κ3) is 5.66. The molecule has 1 aromatic carbocycles. The van der Waals surface area contributed by atoms with Crippen molar-refractivity contribution in [1.82, 2.24) is 9.21 Å². The summed E-state index contributed by atoms with van der Waals surface area (Å²) >= 11 is 0. The summed E-state index contributed by atoms with van der Waals surface area (Å²) in [6.07, 6.45) is 2.33. The molecule has 2 aliphatic heterocycles. The van der Waals surface area contributed by atoms with Gasteiger partial charge in [-0.25, -0.2) is 8.42 Å². The normalized spacial score (nSPS) is 23.7. The highest BCUT2D eigenvalue weighted by molar-refractivity contribution is 7.89. The van der Waals surface area contributed by atoms with Gasteiger partial charge in [0.15, 0.2) is 0 Å². The lowest BCUT2D eigenvalue weighted by atomic mass is 9.94. The van der Waals surface area contributed by atoms with Crippen molar-refractivity contribution in [3.63, 3.8) is 0 Å². The van der Waals surface area contributed by atoms with Gasteiger partial charge in [0.05, 0.1) is 4.90 Å². The molecule has 2 heterocycles. The second-order valence-corrected chi connectivity index (χ2v) is 11.5. The Balaban J connectivity index is 1.58. The van der Waals surface area contributed by atoms with E-state index in [0.29, 0.717) is 56.5 Å². The van der Waals surface area contributed by atoms with Crippen LogP contribution in [-0.2, 0) is 19.6 Å². The van der Waals surface area contributed by atoms with E-state index >= 15 is 0 Å². The maximum atomic E-state index is 13.0. The van der Waals surface area contributed by atoms with Crippen LogP contribution in [0.3, 0.4) is 0 Å². The average molecular weight is 450 g/mol. The van der Waals surface area contributed by atoms with Crippen LogP contribution in [0.2, 0.25) is 0 Å². The average Bonchev–Trinajstić information content (AvgIpc) is 2.73. The van der Waals surface area contributed by atoms with E-state index < -0.39 is 10.0 Å². The van der Waals surface area contributed by atoms with Crippen molar-refractivity contribution >= 4 is 27.5 Å². The van der Waals surface area contributed by atoms with Crippen molar-refractivity contribution in [3.05, 3.63) is 24.3 Å². The van der Waals surface area contributed by atoms with E-state index in [1.165, 1.54) is 0 Å². The standard InChI is InChI=1S/C23H35N3O4S/c1-16(2)23(28)25-11-9-19(10-12-25)22(27)24-20-5-7-21(8-6-20)31(29,30)26-14-17(3)13-18(4)15-26/h5-8,16-19H,9-15H2,1-4H3,(H,24,27). The largest absolute Gasteiger partial charge is 0.342 e. The van der Waals surface area contributed by atoms with E-state index in [2.05, 4.69) is 19.2 Å². The predicted molar refractivity (Wildman–Crippen MR) is 121 cm³/mol. The minimum atomic E-state index is -3.53. The fourth-order valence-electron chi connectivity index (χ4n) is 4.63. The Kier molecular flexibility index (Phi) is 7.42. The Hall–Kier alpha value is -1.93. The van der Waals surface area contributed by atoms with E-state index in [0.717, 1.165) is 6.42 Å². The fraction of sp³-hybridized carbons (Fsp3) is 0.652. The van der Waals surface area contributed by atoms with Crippen LogP contribution in [0.4, 0.5) is 5.69 Å². The first kappa shape index (κ1) is 23.7. The highest BCUT2D eigenvalue weighted by Gasteiger charge is 2.32. The number of hydrogen-bond donors (Lipinski definition) is 1. The number of sulfonamides is 1. The lowest BCUT2D eigenvalue weighted by molar-refractivity contribution is -0.137. The van der Waals surface area contributed by atoms with Gasteiger partial charge in [-0.1, -0.05) is 27.7 Å². The monoisotopic (exact) mass is 449 g/mol. The minimum Gasteiger partial charge on any atom is -0.342 e. The van der Waals surface area contributed by atoms with Crippen molar-refractivity contribution in [1.29, 1.82) is 0 Å². The van der Waals surface area contributed by atoms with Gasteiger partial charge in [0.2, 0.25) is 21.8 Å². The Morgan fingerprint density at radius 1 is 1.00 bits per heavy atom. The second kappa shape index (κ2) is 9.69. The number of benzene rings is 1. The molecule has 0 saturated carbocycles. The molecule has 0 aliphatic carbocycles. The highest BCUT2D eigenvalue weighted by atomic mass is 32.2. The lowest BCUT2D eigenvalue weighted by Gasteiger charge is -2.34. The van der Waals surface area contributed by atoms with Crippen LogP contribution >= 0.6 is 0 Å². The van der Waals surface area contributed by atoms with E-state index in [-0.39, 0.29) is 28.5 Å². The number of carbonyl (C=O) groups excluding carboxylic acids is 2. The van der Waals surface area contributed by atoms with Gasteiger partial charge in [-0.2, -0.15) is 4.31 Å². The number of amides is 2. The first-order chi connectivity index (χ1) is 14.6. The van der Waals surface area contributed by atoms with Crippen molar-refractivity contribution < 1.29 is 18.0 Å². The molecular weight excluding hydrogens is 414 g/mol. The summed E-state index contributed by atoms with van der Waals surface area (Å²) < 4.78 is 27.6. The molecule has 0 aromatic heterocycles. The topological polar surface area (TPSA) is 86.8 Å². The molecule has 8 heteroatoms. The van der Waals surface area contributed by atoms with Crippen molar-refractivity contribution in [2.75, 3.05) is 31.5 Å². The molecule has 1 aromatic rings. The summed E-state index contributed by atoms with van der Waals surface area (Å²) in [5.74, 6) is 0.574. The fourth-order valence-corrected chi connectivity index (χ4v) is 6.31. The van der Waals surface area contributed by atoms with Crippen LogP contribution in [0.15, 0.2) is 29.2 Å². The van der Waals surface area contributed by atoms with Crippen LogP contribution < -0.4 is 5.32 Å². The van der Waals surface area contributed by atoms with Crippen LogP contribution in [0.5, 0.6) is 0 Å². The molecule has 2 fully saturated rings. The molecule has 2 aliphatic rings. The van der Waals surface area contributed by atoms with Crippen molar-refractivity contribution in [2.45, 2.75) is 51.9 Å². The molecule has 1 N–H and O–H groups in total. The van der Waals surface area contributed by atoms with Crippen molar-refractivity contribution in [3.8, 4) is 0 Å². The smallest absolute Gasteiger partial charge is 0.243 e. The number of anilines is 1. The molecule has 0 spiro atoms. The second-order valence-electron chi connectivity index (χ2n) is 9.54. The predicted octanol–water partition coefficient (Wildman–Crippen LogP) is 3.19. The molecule has 172 valence electrons. The molecule has 2 atom stereocenters. The van der Waals surface area contributed by atoms with Gasteiger partial charge in [-0.05, 0) is 55.4 Å². The highest BCUT2D eigenvalue weighted by Crippen LogP contribution is 2.27. The molecule has 2 saturated heterocycles. The van der Waals surface area contributed by atoms with Gasteiger partial charge < -0.3 is 10.2 Å². The molecule has 0 bridgehead atoms. The van der Waals surface area contributed by atoms with E-state index in [1.54, 1.807) is 28.6 Å². The third-order valence-electron chi connectivity index (χ3n) is 6.27. The summed E-state index contributed by atoms with van der Waals surface area (Å²) in [6, 6.07) is 6.44. The number of likely N-dealkylation sites (tertiary alicyclic amines) is 1. The lowest BCUT2D eigenvalue weighted by Crippen LogP contribution is -2.43. The molecular formula is C23H35N3O4S. The zero-order valence-electron chi connectivity index (χ0n) is 19.0. The van der Waals surface area contributed by atoms with Gasteiger partial charge in [0.25, 0.3) is 0 Å². The number of nitrogens with one attached hydrogen (secondary N) is 1. The molecule has 2 unspecified atom stereocenters. The molecule has 7 nitrogen and oxygen atoms in total. The Morgan fingerprint density at radius 3 is 2.06 bits per heavy atom. The van der Waals surface area contributed by atoms with Gasteiger partial charge in [0, 0.05) is 43.7 Å². The summed E-state index contributed by atoms with van der Waals surface area (Å²) in [4.78, 5) is 26.8. The number of rotatable bonds is 5. The molecule has 3 rings (SSSR count). The van der Waals surface area contributed by atoms with E-state index in [9.17, 15) is 18.0 Å². The molecule has 2 amide bonds. The number of nitrogens with zero attached hydrogens (tertiary/aromatic N) is 2. The number of carbonyl (C=O) groups is 2. The number of hydrogen-bond acceptors (Lipinski definition) is 4. The van der Waals surface area contributed by atoms with Crippen molar-refractivity contribution in [2.24, 2.45) is 23.7 Å². The Morgan fingerprint density at radius 2 is 1.55 bits per heavy atom. The Labute approximate surface area is 186 Å². The van der Waals surface area contributed by atoms with Gasteiger partial charge in [-0.3, -0.25) is 9.59 Å². The van der Waals surface area contributed by atoms with Gasteiger partial charge in [-0.15, -0.1) is 0 Å². The van der Waals surface area contributed by atoms with Gasteiger partial charge >= 0.3 is 0 Å². The zero-order chi connectivity index (χ0) is 22.8. The zero-order valence-corrected chi connectivity index (χ0v) is 19.8. The maximum Gasteiger partial charge on any atom is 0.243 e. The van der Waals surface area contributed by atoms with Gasteiger partial charge in [0.1, 0.15) is 0 Å². The SMILES string of the molecule is CC1CC(C)CN(S(=O)(=O)c2ccc(NC(=O)C3CCN(C(=O)C(C)C)CC3)cc2)C1. The first-order valence-electron chi connectivity index (χ1n) is 11.3. The minimum absolute atomic E-state index is 0.0310. The maximum absolute atomic E-state index is 13.0. The van der Waals surface area contributed by atoms with Crippen LogP contribution in [0.1, 0.15) is 47.0 Å². The molecule has 0 radical (unpaired) electrons. The quantitative estimate of drug-likeness (QED) is 0.748. The summed E-state index contributed by atoms with van der Waals surface area (Å²) in [6.45, 7) is 10.2.